The van der Waals surface area contributed by atoms with Gasteiger partial charge in [-0.25, -0.2) is 0 Å². The minimum Gasteiger partial charge on any atom is -0.451 e. The second kappa shape index (κ2) is 7.25. The van der Waals surface area contributed by atoms with Crippen LogP contribution in [0, 0.1) is 0 Å². The van der Waals surface area contributed by atoms with Crippen LogP contribution in [0.3, 0.4) is 0 Å². The van der Waals surface area contributed by atoms with Gasteiger partial charge in [0.05, 0.1) is 13.2 Å². The summed E-state index contributed by atoms with van der Waals surface area (Å²) in [7, 11) is 0. The Hall–Kier alpha value is -1.06. The maximum absolute atomic E-state index is 11.0. The number of aldehydes is 1. The molecule has 0 radical (unpaired) electrons. The zero-order valence-corrected chi connectivity index (χ0v) is 8.39. The third kappa shape index (κ3) is 4.21. The van der Waals surface area contributed by atoms with Crippen LogP contribution in [0.1, 0.15) is 0 Å². The van der Waals surface area contributed by atoms with Gasteiger partial charge in [0.15, 0.2) is 12.4 Å². The molecule has 0 spiro atoms. The van der Waals surface area contributed by atoms with Gasteiger partial charge in [-0.1, -0.05) is 0 Å². The van der Waals surface area contributed by atoms with E-state index in [-0.39, 0.29) is 6.29 Å². The smallest absolute Gasteiger partial charge is 0.326 e. The molecular weight excluding hydrogens is 222 g/mol. The number of aliphatic hydroxyl groups excluding tert-OH is 4. The largest absolute Gasteiger partial charge is 0.451 e. The standard InChI is InChI=1S/C8H15NO7/c9-4(1-10)8(15)16-6(3-12)7(14)5(13)2-11/h3-7,10-11,13-14H,1-2,9H2/t4-,5+,6-,7-/m0/s1. The quantitative estimate of drug-likeness (QED) is 0.223. The summed E-state index contributed by atoms with van der Waals surface area (Å²) in [5.74, 6) is -1.09. The minimum atomic E-state index is -1.75. The third-order valence-corrected chi connectivity index (χ3v) is 1.80. The molecule has 4 atom stereocenters. The molecule has 0 saturated carbocycles. The Labute approximate surface area is 91.2 Å². The highest BCUT2D eigenvalue weighted by Crippen LogP contribution is 2.03. The number of hydrogen-bond donors (Lipinski definition) is 5. The van der Waals surface area contributed by atoms with Crippen molar-refractivity contribution < 1.29 is 34.8 Å². The van der Waals surface area contributed by atoms with E-state index < -0.39 is 43.5 Å². The number of carbonyl (C=O) groups excluding carboxylic acids is 2. The SMILES string of the molecule is N[C@@H](CO)C(=O)O[C@@H](C=O)[C@@H](O)[C@H](O)CO. The van der Waals surface area contributed by atoms with Crippen LogP contribution in [0.15, 0.2) is 0 Å². The maximum Gasteiger partial charge on any atom is 0.326 e. The molecule has 0 aromatic rings. The normalized spacial score (nSPS) is 18.3. The summed E-state index contributed by atoms with van der Waals surface area (Å²) in [4.78, 5) is 21.5. The summed E-state index contributed by atoms with van der Waals surface area (Å²) in [5.41, 5.74) is 5.09. The molecule has 0 unspecified atom stereocenters. The highest BCUT2D eigenvalue weighted by atomic mass is 16.6. The van der Waals surface area contributed by atoms with Crippen molar-refractivity contribution >= 4 is 12.3 Å². The van der Waals surface area contributed by atoms with Gasteiger partial charge in [0.1, 0.15) is 18.2 Å². The third-order valence-electron chi connectivity index (χ3n) is 1.80. The van der Waals surface area contributed by atoms with Crippen LogP contribution in [-0.2, 0) is 14.3 Å². The van der Waals surface area contributed by atoms with E-state index in [2.05, 4.69) is 4.74 Å². The van der Waals surface area contributed by atoms with Crippen LogP contribution in [0.4, 0.5) is 0 Å². The summed E-state index contributed by atoms with van der Waals surface area (Å²) in [6.45, 7) is -1.47. The van der Waals surface area contributed by atoms with E-state index in [1.165, 1.54) is 0 Å². The molecule has 8 heteroatoms. The number of esters is 1. The molecule has 0 aliphatic rings. The lowest BCUT2D eigenvalue weighted by Crippen LogP contribution is -2.46. The Morgan fingerprint density at radius 3 is 2.25 bits per heavy atom. The van der Waals surface area contributed by atoms with E-state index in [1.807, 2.05) is 0 Å². The fourth-order valence-corrected chi connectivity index (χ4v) is 0.801. The fourth-order valence-electron chi connectivity index (χ4n) is 0.801. The first-order valence-electron chi connectivity index (χ1n) is 4.47. The molecule has 0 aliphatic carbocycles. The van der Waals surface area contributed by atoms with Crippen LogP contribution < -0.4 is 5.73 Å². The Kier molecular flexibility index (Phi) is 6.77. The van der Waals surface area contributed by atoms with Gasteiger partial charge in [0.2, 0.25) is 0 Å². The first-order chi connectivity index (χ1) is 7.47. The van der Waals surface area contributed by atoms with Gasteiger partial charge >= 0.3 is 5.97 Å². The lowest BCUT2D eigenvalue weighted by Gasteiger charge is -2.22. The van der Waals surface area contributed by atoms with E-state index in [9.17, 15) is 14.7 Å². The molecule has 0 rings (SSSR count). The van der Waals surface area contributed by atoms with Crippen LogP contribution in [0.25, 0.3) is 0 Å². The predicted molar refractivity (Wildman–Crippen MR) is 50.1 cm³/mol. The molecule has 8 nitrogen and oxygen atoms in total. The van der Waals surface area contributed by atoms with Gasteiger partial charge in [-0.05, 0) is 0 Å². The van der Waals surface area contributed by atoms with Gasteiger partial charge in [-0.2, -0.15) is 0 Å². The van der Waals surface area contributed by atoms with Crippen molar-refractivity contribution in [1.82, 2.24) is 0 Å². The lowest BCUT2D eigenvalue weighted by molar-refractivity contribution is -0.165. The Morgan fingerprint density at radius 2 is 1.88 bits per heavy atom. The summed E-state index contributed by atoms with van der Waals surface area (Å²) < 4.78 is 4.42. The average molecular weight is 237 g/mol. The predicted octanol–water partition coefficient (Wildman–Crippen LogP) is -3.87. The van der Waals surface area contributed by atoms with E-state index in [1.54, 1.807) is 0 Å². The van der Waals surface area contributed by atoms with Crippen LogP contribution >= 0.6 is 0 Å². The molecule has 0 aliphatic heterocycles. The summed E-state index contributed by atoms with van der Waals surface area (Å²) in [6.07, 6.45) is -4.93. The highest BCUT2D eigenvalue weighted by molar-refractivity contribution is 5.77. The molecule has 0 saturated heterocycles. The van der Waals surface area contributed by atoms with E-state index in [0.29, 0.717) is 0 Å². The first-order valence-corrected chi connectivity index (χ1v) is 4.47. The highest BCUT2D eigenvalue weighted by Gasteiger charge is 2.30. The topological polar surface area (TPSA) is 150 Å². The lowest BCUT2D eigenvalue weighted by atomic mass is 10.1. The Bertz CT molecular complexity index is 234. The first kappa shape index (κ1) is 14.9. The van der Waals surface area contributed by atoms with Crippen LogP contribution in [0.5, 0.6) is 0 Å². The summed E-state index contributed by atoms with van der Waals surface area (Å²) in [5, 5.41) is 35.3. The zero-order valence-electron chi connectivity index (χ0n) is 8.39. The Morgan fingerprint density at radius 1 is 1.31 bits per heavy atom. The number of carbonyl (C=O) groups is 2. The number of hydrogen-bond acceptors (Lipinski definition) is 8. The minimum absolute atomic E-state index is 0.0888. The molecule has 0 aromatic carbocycles. The second-order valence-electron chi connectivity index (χ2n) is 3.07. The summed E-state index contributed by atoms with van der Waals surface area (Å²) >= 11 is 0. The second-order valence-corrected chi connectivity index (χ2v) is 3.07. The van der Waals surface area contributed by atoms with E-state index >= 15 is 0 Å². The van der Waals surface area contributed by atoms with Crippen molar-refractivity contribution in [2.75, 3.05) is 13.2 Å². The van der Waals surface area contributed by atoms with Crippen molar-refractivity contribution in [3.05, 3.63) is 0 Å². The van der Waals surface area contributed by atoms with Gasteiger partial charge in [-0.3, -0.25) is 9.59 Å². The van der Waals surface area contributed by atoms with Crippen molar-refractivity contribution in [3.63, 3.8) is 0 Å². The molecule has 0 amide bonds. The Balaban J connectivity index is 4.40. The van der Waals surface area contributed by atoms with Crippen LogP contribution in [-0.4, -0.2) is 70.2 Å². The molecule has 0 fully saturated rings. The van der Waals surface area contributed by atoms with Crippen LogP contribution in [0.2, 0.25) is 0 Å². The maximum atomic E-state index is 11.0. The molecule has 0 heterocycles. The molecular formula is C8H15NO7. The van der Waals surface area contributed by atoms with E-state index in [0.717, 1.165) is 0 Å². The van der Waals surface area contributed by atoms with Crippen molar-refractivity contribution in [2.45, 2.75) is 24.4 Å². The zero-order chi connectivity index (χ0) is 12.7. The van der Waals surface area contributed by atoms with Crippen molar-refractivity contribution in [2.24, 2.45) is 5.73 Å². The molecule has 6 N–H and O–H groups in total. The van der Waals surface area contributed by atoms with Gasteiger partial charge in [0.25, 0.3) is 0 Å². The fraction of sp³-hybridized carbons (Fsp3) is 0.750. The average Bonchev–Trinajstić information content (AvgIpc) is 2.32. The molecule has 0 aromatic heterocycles. The monoisotopic (exact) mass is 237 g/mol. The molecule has 0 bridgehead atoms. The number of nitrogens with two attached hydrogens (primary N) is 1. The van der Waals surface area contributed by atoms with E-state index in [4.69, 9.17) is 21.1 Å². The van der Waals surface area contributed by atoms with Crippen molar-refractivity contribution in [3.8, 4) is 0 Å². The number of ether oxygens (including phenoxy) is 1. The molecule has 94 valence electrons. The summed E-state index contributed by atoms with van der Waals surface area (Å²) in [6, 6.07) is -1.33. The van der Waals surface area contributed by atoms with Gasteiger partial charge in [0, 0.05) is 0 Å². The van der Waals surface area contributed by atoms with Crippen molar-refractivity contribution in [1.29, 1.82) is 0 Å². The van der Waals surface area contributed by atoms with Gasteiger partial charge < -0.3 is 30.9 Å². The molecule has 16 heavy (non-hydrogen) atoms. The number of rotatable bonds is 7. The van der Waals surface area contributed by atoms with Gasteiger partial charge in [-0.15, -0.1) is 0 Å². The number of aliphatic hydroxyl groups is 4.